The summed E-state index contributed by atoms with van der Waals surface area (Å²) in [4.78, 5) is 25.4. The highest BCUT2D eigenvalue weighted by Gasteiger charge is 2.39. The summed E-state index contributed by atoms with van der Waals surface area (Å²) >= 11 is 12.2. The van der Waals surface area contributed by atoms with Crippen molar-refractivity contribution in [3.63, 3.8) is 0 Å². The van der Waals surface area contributed by atoms with Crippen LogP contribution in [0.2, 0.25) is 10.0 Å². The number of benzene rings is 2. The Morgan fingerprint density at radius 2 is 1.79 bits per heavy atom. The molecule has 9 heteroatoms. The topological polar surface area (TPSA) is 80.8 Å². The van der Waals surface area contributed by atoms with Gasteiger partial charge in [-0.05, 0) is 44.5 Å². The van der Waals surface area contributed by atoms with Gasteiger partial charge in [-0.15, -0.1) is 0 Å². The van der Waals surface area contributed by atoms with Gasteiger partial charge in [0.15, 0.2) is 5.78 Å². The molecule has 0 saturated heterocycles. The second kappa shape index (κ2) is 8.34. The molecule has 1 heterocycles. The highest BCUT2D eigenvalue weighted by molar-refractivity contribution is 7.92. The third-order valence-electron chi connectivity index (χ3n) is 4.69. The molecule has 0 aromatic heterocycles. The SMILES string of the molecule is CCOC(=O)C1CCN(S(=O)(=O)c2ccc(C)cc2)c2cc(Cl)c(Cl)cc2C1=O. The maximum atomic E-state index is 13.3. The molecule has 0 radical (unpaired) electrons. The fourth-order valence-corrected chi connectivity index (χ4v) is 4.99. The van der Waals surface area contributed by atoms with Crippen molar-refractivity contribution in [2.24, 2.45) is 5.92 Å². The minimum atomic E-state index is -4.00. The second-order valence-corrected chi connectivity index (χ2v) is 9.31. The molecule has 0 fully saturated rings. The molecule has 6 nitrogen and oxygen atoms in total. The Morgan fingerprint density at radius 3 is 2.41 bits per heavy atom. The number of Topliss-reactive ketones (excluding diaryl/α,β-unsaturated/α-hetero) is 1. The molecule has 0 saturated carbocycles. The highest BCUT2D eigenvalue weighted by Crippen LogP contribution is 2.38. The van der Waals surface area contributed by atoms with Gasteiger partial charge in [0.25, 0.3) is 10.0 Å². The van der Waals surface area contributed by atoms with Crippen LogP contribution in [-0.4, -0.2) is 33.3 Å². The fraction of sp³-hybridized carbons (Fsp3) is 0.300. The first kappa shape index (κ1) is 21.6. The van der Waals surface area contributed by atoms with Crippen molar-refractivity contribution in [2.45, 2.75) is 25.2 Å². The molecule has 154 valence electrons. The van der Waals surface area contributed by atoms with Gasteiger partial charge in [-0.1, -0.05) is 40.9 Å². The molecule has 1 unspecified atom stereocenters. The number of fused-ring (bicyclic) bond motifs is 1. The number of nitrogens with zero attached hydrogens (tertiary/aromatic N) is 1. The Balaban J connectivity index is 2.16. The third-order valence-corrected chi connectivity index (χ3v) is 7.24. The molecule has 2 aromatic rings. The van der Waals surface area contributed by atoms with Gasteiger partial charge in [-0.3, -0.25) is 13.9 Å². The number of halogens is 2. The molecular formula is C20H19Cl2NO5S. The Bertz CT molecular complexity index is 1070. The second-order valence-electron chi connectivity index (χ2n) is 6.63. The van der Waals surface area contributed by atoms with Crippen molar-refractivity contribution in [1.29, 1.82) is 0 Å². The van der Waals surface area contributed by atoms with Crippen molar-refractivity contribution in [3.05, 3.63) is 57.6 Å². The number of carbonyl (C=O) groups excluding carboxylic acids is 2. The number of esters is 1. The summed E-state index contributed by atoms with van der Waals surface area (Å²) < 4.78 is 32.8. The van der Waals surface area contributed by atoms with E-state index in [1.54, 1.807) is 19.1 Å². The first-order chi connectivity index (χ1) is 13.7. The van der Waals surface area contributed by atoms with Crippen LogP contribution in [0.3, 0.4) is 0 Å². The lowest BCUT2D eigenvalue weighted by Gasteiger charge is -2.24. The Morgan fingerprint density at radius 1 is 1.17 bits per heavy atom. The number of carbonyl (C=O) groups is 2. The Kier molecular flexibility index (Phi) is 6.22. The van der Waals surface area contributed by atoms with E-state index in [4.69, 9.17) is 27.9 Å². The van der Waals surface area contributed by atoms with E-state index >= 15 is 0 Å². The predicted octanol–water partition coefficient (Wildman–Crippen LogP) is 4.26. The molecule has 0 amide bonds. The number of anilines is 1. The van der Waals surface area contributed by atoms with E-state index in [2.05, 4.69) is 0 Å². The van der Waals surface area contributed by atoms with E-state index in [0.29, 0.717) is 0 Å². The molecule has 0 spiro atoms. The molecule has 1 atom stereocenters. The lowest BCUT2D eigenvalue weighted by atomic mass is 9.95. The zero-order chi connectivity index (χ0) is 21.3. The van der Waals surface area contributed by atoms with Crippen LogP contribution in [0.5, 0.6) is 0 Å². The first-order valence-corrected chi connectivity index (χ1v) is 11.2. The van der Waals surface area contributed by atoms with Gasteiger partial charge >= 0.3 is 5.97 Å². The van der Waals surface area contributed by atoms with Crippen molar-refractivity contribution >= 4 is 50.7 Å². The number of sulfonamides is 1. The Labute approximate surface area is 179 Å². The van der Waals surface area contributed by atoms with Crippen LogP contribution >= 0.6 is 23.2 Å². The van der Waals surface area contributed by atoms with E-state index in [1.807, 2.05) is 6.92 Å². The number of ether oxygens (including phenoxy) is 1. The first-order valence-electron chi connectivity index (χ1n) is 8.96. The number of aryl methyl sites for hydroxylation is 1. The average Bonchev–Trinajstić information content (AvgIpc) is 2.80. The van der Waals surface area contributed by atoms with Crippen LogP contribution in [0.15, 0.2) is 41.3 Å². The van der Waals surface area contributed by atoms with Gasteiger partial charge in [0.1, 0.15) is 5.92 Å². The van der Waals surface area contributed by atoms with Crippen LogP contribution < -0.4 is 4.31 Å². The monoisotopic (exact) mass is 455 g/mol. The van der Waals surface area contributed by atoms with Gasteiger partial charge in [0, 0.05) is 12.1 Å². The average molecular weight is 456 g/mol. The zero-order valence-electron chi connectivity index (χ0n) is 15.8. The number of hydrogen-bond donors (Lipinski definition) is 0. The lowest BCUT2D eigenvalue weighted by Crippen LogP contribution is -2.33. The minimum Gasteiger partial charge on any atom is -0.465 e. The molecule has 3 rings (SSSR count). The van der Waals surface area contributed by atoms with Crippen LogP contribution in [0.25, 0.3) is 0 Å². The van der Waals surface area contributed by atoms with E-state index in [9.17, 15) is 18.0 Å². The third kappa shape index (κ3) is 4.13. The van der Waals surface area contributed by atoms with Gasteiger partial charge in [-0.2, -0.15) is 0 Å². The summed E-state index contributed by atoms with van der Waals surface area (Å²) in [5, 5.41) is 0.202. The van der Waals surface area contributed by atoms with Crippen LogP contribution in [0, 0.1) is 12.8 Å². The normalized spacial score (nSPS) is 16.9. The maximum absolute atomic E-state index is 13.3. The molecule has 1 aliphatic heterocycles. The van der Waals surface area contributed by atoms with Gasteiger partial charge < -0.3 is 4.74 Å². The van der Waals surface area contributed by atoms with E-state index in [1.165, 1.54) is 24.3 Å². The van der Waals surface area contributed by atoms with Crippen LogP contribution in [0.1, 0.15) is 29.3 Å². The van der Waals surface area contributed by atoms with Crippen molar-refractivity contribution < 1.29 is 22.7 Å². The smallest absolute Gasteiger partial charge is 0.316 e. The van der Waals surface area contributed by atoms with E-state index in [0.717, 1.165) is 9.87 Å². The number of rotatable bonds is 4. The quantitative estimate of drug-likeness (QED) is 0.507. The molecule has 29 heavy (non-hydrogen) atoms. The van der Waals surface area contributed by atoms with Gasteiger partial charge in [0.2, 0.25) is 0 Å². The Hall–Kier alpha value is -2.09. The molecule has 0 bridgehead atoms. The van der Waals surface area contributed by atoms with Crippen molar-refractivity contribution in [2.75, 3.05) is 17.5 Å². The predicted molar refractivity (Wildman–Crippen MR) is 111 cm³/mol. The number of hydrogen-bond acceptors (Lipinski definition) is 5. The largest absolute Gasteiger partial charge is 0.465 e. The summed E-state index contributed by atoms with van der Waals surface area (Å²) in [6, 6.07) is 9.02. The summed E-state index contributed by atoms with van der Waals surface area (Å²) in [6.07, 6.45) is -0.0212. The summed E-state index contributed by atoms with van der Waals surface area (Å²) in [6.45, 7) is 3.51. The van der Waals surface area contributed by atoms with Crippen LogP contribution in [-0.2, 0) is 19.6 Å². The van der Waals surface area contributed by atoms with Crippen molar-refractivity contribution in [1.82, 2.24) is 0 Å². The summed E-state index contributed by atoms with van der Waals surface area (Å²) in [7, 11) is -4.00. The van der Waals surface area contributed by atoms with Gasteiger partial charge in [0.05, 0.1) is 27.2 Å². The standard InChI is InChI=1S/C20H19Cl2NO5S/c1-3-28-20(25)14-8-9-23(29(26,27)13-6-4-12(2)5-7-13)18-11-17(22)16(21)10-15(18)19(14)24/h4-7,10-11,14H,3,8-9H2,1-2H3. The fourth-order valence-electron chi connectivity index (χ4n) is 3.18. The molecule has 0 aliphatic carbocycles. The molecule has 2 aromatic carbocycles. The van der Waals surface area contributed by atoms with Gasteiger partial charge in [-0.25, -0.2) is 8.42 Å². The number of ketones is 1. The van der Waals surface area contributed by atoms with Crippen LogP contribution in [0.4, 0.5) is 5.69 Å². The molecule has 1 aliphatic rings. The van der Waals surface area contributed by atoms with E-state index in [-0.39, 0.29) is 45.8 Å². The highest BCUT2D eigenvalue weighted by atomic mass is 35.5. The van der Waals surface area contributed by atoms with E-state index < -0.39 is 27.7 Å². The zero-order valence-corrected chi connectivity index (χ0v) is 18.1. The summed E-state index contributed by atoms with van der Waals surface area (Å²) in [5.41, 5.74) is 1.02. The molecular weight excluding hydrogens is 437 g/mol. The van der Waals surface area contributed by atoms with Crippen molar-refractivity contribution in [3.8, 4) is 0 Å². The summed E-state index contributed by atoms with van der Waals surface area (Å²) in [5.74, 6) is -2.35. The maximum Gasteiger partial charge on any atom is 0.316 e. The minimum absolute atomic E-state index is 0.0191. The molecule has 0 N–H and O–H groups in total. The lowest BCUT2D eigenvalue weighted by molar-refractivity contribution is -0.146.